The van der Waals surface area contributed by atoms with E-state index in [1.54, 1.807) is 20.3 Å². The van der Waals surface area contributed by atoms with Gasteiger partial charge in [-0.3, -0.25) is 4.79 Å². The fourth-order valence-electron chi connectivity index (χ4n) is 3.38. The summed E-state index contributed by atoms with van der Waals surface area (Å²) in [5, 5.41) is 3.49. The van der Waals surface area contributed by atoms with Gasteiger partial charge in [-0.25, -0.2) is 0 Å². The summed E-state index contributed by atoms with van der Waals surface area (Å²) < 4.78 is 16.2. The smallest absolute Gasteiger partial charge is 1.00 e. The number of nitrogens with one attached hydrogen (secondary N) is 1. The summed E-state index contributed by atoms with van der Waals surface area (Å²) in [6, 6.07) is 3.94. The van der Waals surface area contributed by atoms with Crippen molar-refractivity contribution in [1.29, 1.82) is 0 Å². The minimum Gasteiger partial charge on any atom is -1.00 e. The highest BCUT2D eigenvalue weighted by Gasteiger charge is 2.30. The summed E-state index contributed by atoms with van der Waals surface area (Å²) in [6.07, 6.45) is 2.53. The Morgan fingerprint density at radius 2 is 1.85 bits per heavy atom. The van der Waals surface area contributed by atoms with Gasteiger partial charge in [-0.15, -0.1) is 0 Å². The van der Waals surface area contributed by atoms with E-state index in [0.717, 1.165) is 23.2 Å². The number of fused-ring (bicyclic) bond motifs is 1. The van der Waals surface area contributed by atoms with Crippen LogP contribution >= 0.6 is 0 Å². The molecule has 0 atom stereocenters. The number of morpholine rings is 1. The van der Waals surface area contributed by atoms with Crippen molar-refractivity contribution in [3.8, 4) is 11.5 Å². The van der Waals surface area contributed by atoms with Crippen molar-refractivity contribution >= 4 is 11.6 Å². The second-order valence-corrected chi connectivity index (χ2v) is 7.05. The molecule has 2 heterocycles. The Morgan fingerprint density at radius 3 is 2.46 bits per heavy atom. The minimum absolute atomic E-state index is 0. The van der Waals surface area contributed by atoms with Gasteiger partial charge in [-0.2, -0.15) is 0 Å². The molecule has 1 fully saturated rings. The van der Waals surface area contributed by atoms with Crippen molar-refractivity contribution in [3.05, 3.63) is 29.3 Å². The summed E-state index contributed by atoms with van der Waals surface area (Å²) in [4.78, 5) is 14.5. The van der Waals surface area contributed by atoms with Crippen molar-refractivity contribution in [3.63, 3.8) is 0 Å². The fourth-order valence-corrected chi connectivity index (χ4v) is 3.38. The third-order valence-electron chi connectivity index (χ3n) is 4.60. The standard InChI is InChI=1S/C19H26N2O4.ClH/c1-19(2)12-13-9-16(23-3)17(24-4)10-14(13)15(20-19)11-18(22)21-5-7-25-8-6-21;/h9-11,20H,5-8,12H2,1-4H3;1H/b15-11-;. The number of methoxy groups -OCH3 is 2. The van der Waals surface area contributed by atoms with E-state index in [4.69, 9.17) is 14.2 Å². The Hall–Kier alpha value is -1.92. The van der Waals surface area contributed by atoms with E-state index in [9.17, 15) is 4.79 Å². The number of benzene rings is 1. The SMILES string of the molecule is COc1cc2c(cc1OC)/C(=C/C(=O)N1CCOCC1)NC(C)(C)C2.[Cl-].[H+]. The molecule has 0 spiro atoms. The molecule has 2 aliphatic heterocycles. The Morgan fingerprint density at radius 1 is 1.23 bits per heavy atom. The zero-order chi connectivity index (χ0) is 18.0. The van der Waals surface area contributed by atoms with Crippen LogP contribution < -0.4 is 27.2 Å². The Balaban J connectivity index is 0.00000182. The molecule has 1 N–H and O–H groups in total. The number of nitrogens with zero attached hydrogens (tertiary/aromatic N) is 1. The lowest BCUT2D eigenvalue weighted by atomic mass is 9.85. The van der Waals surface area contributed by atoms with Gasteiger partial charge >= 0.3 is 1.43 Å². The lowest BCUT2D eigenvalue weighted by molar-refractivity contribution is -0.129. The maximum Gasteiger partial charge on any atom is 1.00 e. The molecule has 144 valence electrons. The fraction of sp³-hybridized carbons (Fsp3) is 0.526. The van der Waals surface area contributed by atoms with Crippen LogP contribution in [-0.2, 0) is 16.0 Å². The van der Waals surface area contributed by atoms with Gasteiger partial charge in [0.1, 0.15) is 0 Å². The van der Waals surface area contributed by atoms with Crippen molar-refractivity contribution in [2.24, 2.45) is 0 Å². The molecule has 0 unspecified atom stereocenters. The normalized spacial score (nSPS) is 19.8. The molecule has 0 radical (unpaired) electrons. The van der Waals surface area contributed by atoms with Gasteiger partial charge in [0.05, 0.1) is 27.4 Å². The van der Waals surface area contributed by atoms with E-state index in [1.165, 1.54) is 0 Å². The molecule has 1 saturated heterocycles. The highest BCUT2D eigenvalue weighted by atomic mass is 35.5. The molecule has 2 aliphatic rings. The van der Waals surface area contributed by atoms with Gasteiger partial charge in [0, 0.05) is 36.0 Å². The van der Waals surface area contributed by atoms with E-state index in [-0.39, 0.29) is 25.3 Å². The molecule has 0 bridgehead atoms. The third kappa shape index (κ3) is 4.24. The Labute approximate surface area is 162 Å². The molecule has 7 heteroatoms. The van der Waals surface area contributed by atoms with Gasteiger partial charge in [-0.05, 0) is 38.0 Å². The first-order chi connectivity index (χ1) is 11.9. The van der Waals surface area contributed by atoms with Crippen LogP contribution in [0.1, 0.15) is 26.4 Å². The summed E-state index contributed by atoms with van der Waals surface area (Å²) >= 11 is 0. The predicted octanol–water partition coefficient (Wildman–Crippen LogP) is -1.06. The van der Waals surface area contributed by atoms with Gasteiger partial charge in [0.2, 0.25) is 5.91 Å². The van der Waals surface area contributed by atoms with E-state index in [1.807, 2.05) is 17.0 Å². The number of carbonyl (C=O) groups is 1. The van der Waals surface area contributed by atoms with E-state index >= 15 is 0 Å². The molecule has 0 aromatic heterocycles. The predicted molar refractivity (Wildman–Crippen MR) is 97.0 cm³/mol. The van der Waals surface area contributed by atoms with Crippen LogP contribution in [0.25, 0.3) is 5.70 Å². The van der Waals surface area contributed by atoms with E-state index in [0.29, 0.717) is 37.8 Å². The molecule has 1 aromatic rings. The first-order valence-corrected chi connectivity index (χ1v) is 8.55. The summed E-state index contributed by atoms with van der Waals surface area (Å²) in [5.41, 5.74) is 2.80. The van der Waals surface area contributed by atoms with Gasteiger partial charge in [0.15, 0.2) is 11.5 Å². The zero-order valence-corrected chi connectivity index (χ0v) is 16.5. The molecule has 0 saturated carbocycles. The zero-order valence-electron chi connectivity index (χ0n) is 16.7. The van der Waals surface area contributed by atoms with Crippen LogP contribution in [-0.4, -0.2) is 56.9 Å². The van der Waals surface area contributed by atoms with Crippen LogP contribution in [0.15, 0.2) is 18.2 Å². The maximum absolute atomic E-state index is 12.7. The topological polar surface area (TPSA) is 60.0 Å². The van der Waals surface area contributed by atoms with Gasteiger partial charge in [-0.1, -0.05) is 0 Å². The van der Waals surface area contributed by atoms with Crippen LogP contribution in [0.3, 0.4) is 0 Å². The van der Waals surface area contributed by atoms with Crippen LogP contribution in [0, 0.1) is 0 Å². The molecule has 1 amide bonds. The first-order valence-electron chi connectivity index (χ1n) is 8.55. The van der Waals surface area contributed by atoms with Crippen LogP contribution in [0.4, 0.5) is 0 Å². The number of ether oxygens (including phenoxy) is 3. The maximum atomic E-state index is 12.7. The number of hydrogen-bond acceptors (Lipinski definition) is 5. The monoisotopic (exact) mass is 382 g/mol. The number of hydrogen-bond donors (Lipinski definition) is 1. The van der Waals surface area contributed by atoms with Crippen molar-refractivity contribution in [2.75, 3.05) is 40.5 Å². The highest BCUT2D eigenvalue weighted by molar-refractivity contribution is 5.96. The molecule has 6 nitrogen and oxygen atoms in total. The van der Waals surface area contributed by atoms with Crippen LogP contribution in [0.2, 0.25) is 0 Å². The third-order valence-corrected chi connectivity index (χ3v) is 4.60. The number of halogens is 1. The number of rotatable bonds is 3. The Bertz CT molecular complexity index is 703. The largest absolute Gasteiger partial charge is 1.00 e. The molecule has 0 aliphatic carbocycles. The minimum atomic E-state index is -0.149. The molecule has 26 heavy (non-hydrogen) atoms. The molecular weight excluding hydrogens is 356 g/mol. The van der Waals surface area contributed by atoms with E-state index in [2.05, 4.69) is 19.2 Å². The Kier molecular flexibility index (Phi) is 6.42. The average Bonchev–Trinajstić information content (AvgIpc) is 2.60. The lowest BCUT2D eigenvalue weighted by Crippen LogP contribution is -3.00. The first kappa shape index (κ1) is 20.4. The van der Waals surface area contributed by atoms with Crippen molar-refractivity contribution in [2.45, 2.75) is 25.8 Å². The van der Waals surface area contributed by atoms with E-state index < -0.39 is 0 Å². The average molecular weight is 383 g/mol. The number of amides is 1. The molecule has 1 aromatic carbocycles. The van der Waals surface area contributed by atoms with Crippen molar-refractivity contribution < 1.29 is 32.8 Å². The summed E-state index contributed by atoms with van der Waals surface area (Å²) in [6.45, 7) is 6.69. The van der Waals surface area contributed by atoms with Gasteiger partial charge in [0.25, 0.3) is 0 Å². The summed E-state index contributed by atoms with van der Waals surface area (Å²) in [7, 11) is 3.25. The second-order valence-electron chi connectivity index (χ2n) is 7.05. The van der Waals surface area contributed by atoms with Crippen LogP contribution in [0.5, 0.6) is 11.5 Å². The highest BCUT2D eigenvalue weighted by Crippen LogP contribution is 2.37. The summed E-state index contributed by atoms with van der Waals surface area (Å²) in [5.74, 6) is 1.37. The molecule has 3 rings (SSSR count). The van der Waals surface area contributed by atoms with Crippen molar-refractivity contribution in [1.82, 2.24) is 10.2 Å². The quantitative estimate of drug-likeness (QED) is 0.676. The second kappa shape index (κ2) is 8.18. The molecular formula is C19H27ClN2O4. The lowest BCUT2D eigenvalue weighted by Gasteiger charge is -2.36. The number of carbonyl (C=O) groups excluding carboxylic acids is 1. The van der Waals surface area contributed by atoms with Gasteiger partial charge < -0.3 is 36.8 Å².